The summed E-state index contributed by atoms with van der Waals surface area (Å²) < 4.78 is 6.21. The molecule has 0 unspecified atom stereocenters. The Morgan fingerprint density at radius 1 is 1.20 bits per heavy atom. The predicted octanol–water partition coefficient (Wildman–Crippen LogP) is 3.32. The van der Waals surface area contributed by atoms with Gasteiger partial charge in [0.2, 0.25) is 5.91 Å². The van der Waals surface area contributed by atoms with Gasteiger partial charge >= 0.3 is 0 Å². The lowest BCUT2D eigenvalue weighted by atomic mass is 10.1. The van der Waals surface area contributed by atoms with E-state index in [2.05, 4.69) is 21.2 Å². The first kappa shape index (κ1) is 14.6. The predicted molar refractivity (Wildman–Crippen MR) is 82.7 cm³/mol. The number of benzene rings is 2. The van der Waals surface area contributed by atoms with Crippen molar-refractivity contribution in [1.82, 2.24) is 5.32 Å². The smallest absolute Gasteiger partial charge is 0.224 e. The van der Waals surface area contributed by atoms with Crippen LogP contribution in [0, 0.1) is 0 Å². The summed E-state index contributed by atoms with van der Waals surface area (Å²) in [4.78, 5) is 12.0. The Morgan fingerprint density at radius 3 is 2.65 bits per heavy atom. The molecule has 0 spiro atoms. The van der Waals surface area contributed by atoms with Gasteiger partial charge in [-0.15, -0.1) is 0 Å². The van der Waals surface area contributed by atoms with Crippen molar-refractivity contribution >= 4 is 21.8 Å². The van der Waals surface area contributed by atoms with Crippen LogP contribution in [0.5, 0.6) is 5.75 Å². The van der Waals surface area contributed by atoms with E-state index in [0.717, 1.165) is 15.6 Å². The Kier molecular flexibility index (Phi) is 5.18. The van der Waals surface area contributed by atoms with Crippen molar-refractivity contribution in [2.75, 3.05) is 7.11 Å². The van der Waals surface area contributed by atoms with Gasteiger partial charge in [-0.05, 0) is 17.7 Å². The largest absolute Gasteiger partial charge is 0.496 e. The Bertz CT molecular complexity index is 584. The molecule has 0 aromatic heterocycles. The summed E-state index contributed by atoms with van der Waals surface area (Å²) in [6.45, 7) is 0.540. The number of methoxy groups -OCH3 is 1. The molecule has 0 radical (unpaired) electrons. The van der Waals surface area contributed by atoms with Crippen LogP contribution in [0.15, 0.2) is 53.0 Å². The van der Waals surface area contributed by atoms with Crippen LogP contribution in [-0.2, 0) is 17.8 Å². The molecule has 3 nitrogen and oxygen atoms in total. The van der Waals surface area contributed by atoms with Crippen molar-refractivity contribution in [1.29, 1.82) is 0 Å². The Balaban J connectivity index is 1.95. The van der Waals surface area contributed by atoms with Gasteiger partial charge in [-0.2, -0.15) is 0 Å². The summed E-state index contributed by atoms with van der Waals surface area (Å²) in [5, 5.41) is 2.91. The standard InChI is InChI=1S/C16H16BrNO2/c1-20-15-10-14(17)8-7-13(15)9-16(19)18-11-12-5-3-2-4-6-12/h2-8,10H,9,11H2,1H3,(H,18,19). The van der Waals surface area contributed by atoms with Gasteiger partial charge in [0.15, 0.2) is 0 Å². The zero-order valence-electron chi connectivity index (χ0n) is 11.2. The molecule has 0 aliphatic rings. The van der Waals surface area contributed by atoms with E-state index in [4.69, 9.17) is 4.74 Å². The molecule has 0 fully saturated rings. The first-order valence-corrected chi connectivity index (χ1v) is 7.11. The fraction of sp³-hybridized carbons (Fsp3) is 0.188. The van der Waals surface area contributed by atoms with E-state index in [0.29, 0.717) is 18.7 Å². The fourth-order valence-corrected chi connectivity index (χ4v) is 2.24. The van der Waals surface area contributed by atoms with E-state index < -0.39 is 0 Å². The van der Waals surface area contributed by atoms with Gasteiger partial charge < -0.3 is 10.1 Å². The van der Waals surface area contributed by atoms with Crippen LogP contribution in [-0.4, -0.2) is 13.0 Å². The number of nitrogens with one attached hydrogen (secondary N) is 1. The number of carbonyl (C=O) groups excluding carboxylic acids is 1. The van der Waals surface area contributed by atoms with Crippen LogP contribution in [0.25, 0.3) is 0 Å². The maximum absolute atomic E-state index is 12.0. The quantitative estimate of drug-likeness (QED) is 0.911. The molecule has 1 N–H and O–H groups in total. The number of hydrogen-bond donors (Lipinski definition) is 1. The van der Waals surface area contributed by atoms with Crippen LogP contribution >= 0.6 is 15.9 Å². The number of carbonyl (C=O) groups is 1. The highest BCUT2D eigenvalue weighted by Crippen LogP contribution is 2.23. The minimum Gasteiger partial charge on any atom is -0.496 e. The molecule has 1 amide bonds. The zero-order valence-corrected chi connectivity index (χ0v) is 12.8. The van der Waals surface area contributed by atoms with Gasteiger partial charge in [-0.25, -0.2) is 0 Å². The van der Waals surface area contributed by atoms with Crippen LogP contribution in [0.1, 0.15) is 11.1 Å². The highest BCUT2D eigenvalue weighted by Gasteiger charge is 2.09. The van der Waals surface area contributed by atoms with Crippen molar-refractivity contribution in [3.05, 3.63) is 64.1 Å². The average molecular weight is 334 g/mol. The first-order chi connectivity index (χ1) is 9.69. The molecule has 0 heterocycles. The summed E-state index contributed by atoms with van der Waals surface area (Å²) in [6.07, 6.45) is 0.309. The van der Waals surface area contributed by atoms with E-state index in [1.165, 1.54) is 0 Å². The average Bonchev–Trinajstić information content (AvgIpc) is 2.48. The minimum absolute atomic E-state index is 0.0190. The molecule has 0 saturated heterocycles. The second kappa shape index (κ2) is 7.10. The lowest BCUT2D eigenvalue weighted by Gasteiger charge is -2.09. The number of amides is 1. The lowest BCUT2D eigenvalue weighted by molar-refractivity contribution is -0.120. The van der Waals surface area contributed by atoms with Gasteiger partial charge in [-0.3, -0.25) is 4.79 Å². The van der Waals surface area contributed by atoms with E-state index in [1.54, 1.807) is 7.11 Å². The second-order valence-corrected chi connectivity index (χ2v) is 5.31. The third-order valence-corrected chi connectivity index (χ3v) is 3.43. The first-order valence-electron chi connectivity index (χ1n) is 6.32. The van der Waals surface area contributed by atoms with Crippen molar-refractivity contribution in [3.63, 3.8) is 0 Å². The summed E-state index contributed by atoms with van der Waals surface area (Å²) in [5.74, 6) is 0.698. The van der Waals surface area contributed by atoms with Crippen LogP contribution in [0.4, 0.5) is 0 Å². The molecule has 0 bridgehead atoms. The third kappa shape index (κ3) is 4.10. The van der Waals surface area contributed by atoms with Crippen molar-refractivity contribution in [3.8, 4) is 5.75 Å². The Hall–Kier alpha value is -1.81. The van der Waals surface area contributed by atoms with Gasteiger partial charge in [-0.1, -0.05) is 52.3 Å². The van der Waals surface area contributed by atoms with Crippen molar-refractivity contribution in [2.24, 2.45) is 0 Å². The molecule has 2 aromatic carbocycles. The molecule has 2 rings (SSSR count). The highest BCUT2D eigenvalue weighted by atomic mass is 79.9. The Morgan fingerprint density at radius 2 is 1.95 bits per heavy atom. The normalized spacial score (nSPS) is 10.1. The van der Waals surface area contributed by atoms with Crippen molar-refractivity contribution in [2.45, 2.75) is 13.0 Å². The van der Waals surface area contributed by atoms with Crippen LogP contribution < -0.4 is 10.1 Å². The number of hydrogen-bond acceptors (Lipinski definition) is 2. The van der Waals surface area contributed by atoms with Gasteiger partial charge in [0.05, 0.1) is 13.5 Å². The van der Waals surface area contributed by atoms with E-state index in [9.17, 15) is 4.79 Å². The molecule has 0 atom stereocenters. The lowest BCUT2D eigenvalue weighted by Crippen LogP contribution is -2.24. The summed E-state index contributed by atoms with van der Waals surface area (Å²) in [7, 11) is 1.60. The summed E-state index contributed by atoms with van der Waals surface area (Å²) >= 11 is 3.38. The molecule has 20 heavy (non-hydrogen) atoms. The molecular formula is C16H16BrNO2. The van der Waals surface area contributed by atoms with Gasteiger partial charge in [0.25, 0.3) is 0 Å². The van der Waals surface area contributed by atoms with E-state index >= 15 is 0 Å². The topological polar surface area (TPSA) is 38.3 Å². The molecular weight excluding hydrogens is 318 g/mol. The number of halogens is 1. The molecule has 0 saturated carbocycles. The molecule has 0 aliphatic heterocycles. The second-order valence-electron chi connectivity index (χ2n) is 4.40. The summed E-state index contributed by atoms with van der Waals surface area (Å²) in [5.41, 5.74) is 1.96. The number of ether oxygens (including phenoxy) is 1. The highest BCUT2D eigenvalue weighted by molar-refractivity contribution is 9.10. The third-order valence-electron chi connectivity index (χ3n) is 2.93. The van der Waals surface area contributed by atoms with Crippen molar-refractivity contribution < 1.29 is 9.53 Å². The monoisotopic (exact) mass is 333 g/mol. The molecule has 4 heteroatoms. The van der Waals surface area contributed by atoms with E-state index in [1.807, 2.05) is 48.5 Å². The number of rotatable bonds is 5. The fourth-order valence-electron chi connectivity index (χ4n) is 1.90. The molecule has 0 aliphatic carbocycles. The molecule has 2 aromatic rings. The minimum atomic E-state index is -0.0190. The SMILES string of the molecule is COc1cc(Br)ccc1CC(=O)NCc1ccccc1. The van der Waals surface area contributed by atoms with E-state index in [-0.39, 0.29) is 5.91 Å². The maximum Gasteiger partial charge on any atom is 0.224 e. The maximum atomic E-state index is 12.0. The van der Waals surface area contributed by atoms with Crippen LogP contribution in [0.3, 0.4) is 0 Å². The van der Waals surface area contributed by atoms with Crippen LogP contribution in [0.2, 0.25) is 0 Å². The zero-order chi connectivity index (χ0) is 14.4. The molecule has 104 valence electrons. The Labute approximate surface area is 127 Å². The van der Waals surface area contributed by atoms with Gasteiger partial charge in [0, 0.05) is 16.6 Å². The van der Waals surface area contributed by atoms with Gasteiger partial charge in [0.1, 0.15) is 5.75 Å². The summed E-state index contributed by atoms with van der Waals surface area (Å²) in [6, 6.07) is 15.5.